The quantitative estimate of drug-likeness (QED) is 0.722. The van der Waals surface area contributed by atoms with E-state index < -0.39 is 0 Å². The Morgan fingerprint density at radius 1 is 1.16 bits per heavy atom. The van der Waals surface area contributed by atoms with E-state index >= 15 is 0 Å². The summed E-state index contributed by atoms with van der Waals surface area (Å²) >= 11 is 0. The molecule has 2 aliphatic heterocycles. The van der Waals surface area contributed by atoms with Crippen LogP contribution in [0.15, 0.2) is 12.1 Å². The molecule has 1 N–H and O–H groups in total. The van der Waals surface area contributed by atoms with Gasteiger partial charge < -0.3 is 15.0 Å². The molecule has 32 heavy (non-hydrogen) atoms. The molecule has 3 aliphatic rings. The fourth-order valence-electron chi connectivity index (χ4n) is 5.40. The largest absolute Gasteiger partial charge is 0.378 e. The summed E-state index contributed by atoms with van der Waals surface area (Å²) in [6.45, 7) is 7.62. The third-order valence-electron chi connectivity index (χ3n) is 7.28. The summed E-state index contributed by atoms with van der Waals surface area (Å²) in [6, 6.07) is 3.11. The van der Waals surface area contributed by atoms with Crippen LogP contribution < -0.4 is 5.32 Å². The number of ether oxygens (including phenoxy) is 1. The zero-order valence-corrected chi connectivity index (χ0v) is 19.4. The smallest absolute Gasteiger partial charge is 0.226 e. The van der Waals surface area contributed by atoms with Gasteiger partial charge in [-0.25, -0.2) is 4.39 Å². The lowest BCUT2D eigenvalue weighted by Crippen LogP contribution is -2.54. The van der Waals surface area contributed by atoms with E-state index in [1.807, 2.05) is 11.8 Å². The van der Waals surface area contributed by atoms with Crippen molar-refractivity contribution in [2.45, 2.75) is 77.5 Å². The molecule has 1 saturated carbocycles. The molecule has 0 aromatic heterocycles. The molecule has 3 fully saturated rings. The number of nitrogens with one attached hydrogen (secondary N) is 1. The van der Waals surface area contributed by atoms with Gasteiger partial charge in [0, 0.05) is 50.4 Å². The Labute approximate surface area is 190 Å². The maximum absolute atomic E-state index is 14.4. The van der Waals surface area contributed by atoms with Crippen LogP contribution >= 0.6 is 0 Å². The number of rotatable bonds is 6. The van der Waals surface area contributed by atoms with Gasteiger partial charge in [0.15, 0.2) is 0 Å². The zero-order chi connectivity index (χ0) is 22.7. The number of piperazine rings is 1. The first kappa shape index (κ1) is 23.2. The normalized spacial score (nSPS) is 24.8. The van der Waals surface area contributed by atoms with Gasteiger partial charge in [0.25, 0.3) is 0 Å². The van der Waals surface area contributed by atoms with Gasteiger partial charge in [-0.3, -0.25) is 14.5 Å². The van der Waals surface area contributed by atoms with Crippen LogP contribution in [0.5, 0.6) is 0 Å². The Hall–Kier alpha value is -1.99. The number of benzene rings is 1. The van der Waals surface area contributed by atoms with E-state index in [0.29, 0.717) is 31.2 Å². The molecule has 0 spiro atoms. The van der Waals surface area contributed by atoms with E-state index in [1.54, 1.807) is 6.07 Å². The lowest BCUT2D eigenvalue weighted by molar-refractivity contribution is -0.140. The number of anilines is 1. The molecular formula is C25H36FN3O3. The SMILES string of the molecule is Cc1c(CN2CCN(C(=O)C3CCCC3)[C@@H](C)C2)cc(F)cc1NC(=O)CC1CCCO1. The van der Waals surface area contributed by atoms with E-state index in [-0.39, 0.29) is 29.8 Å². The van der Waals surface area contributed by atoms with Crippen molar-refractivity contribution in [3.63, 3.8) is 0 Å². The summed E-state index contributed by atoms with van der Waals surface area (Å²) < 4.78 is 19.9. The van der Waals surface area contributed by atoms with Crippen LogP contribution in [0.4, 0.5) is 10.1 Å². The molecule has 2 saturated heterocycles. The minimum atomic E-state index is -0.346. The summed E-state index contributed by atoms with van der Waals surface area (Å²) in [4.78, 5) is 29.6. The Balaban J connectivity index is 1.36. The van der Waals surface area contributed by atoms with Crippen molar-refractivity contribution in [1.29, 1.82) is 0 Å². The lowest BCUT2D eigenvalue weighted by Gasteiger charge is -2.41. The first-order valence-corrected chi connectivity index (χ1v) is 12.1. The van der Waals surface area contributed by atoms with Gasteiger partial charge in [-0.15, -0.1) is 0 Å². The van der Waals surface area contributed by atoms with Gasteiger partial charge in [0.1, 0.15) is 5.82 Å². The van der Waals surface area contributed by atoms with E-state index in [1.165, 1.54) is 6.07 Å². The van der Waals surface area contributed by atoms with Crippen LogP contribution in [0.25, 0.3) is 0 Å². The predicted octanol–water partition coefficient (Wildman–Crippen LogP) is 3.86. The minimum absolute atomic E-state index is 0.0342. The van der Waals surface area contributed by atoms with E-state index in [9.17, 15) is 14.0 Å². The Morgan fingerprint density at radius 2 is 1.94 bits per heavy atom. The van der Waals surface area contributed by atoms with Crippen LogP contribution in [-0.4, -0.2) is 60.0 Å². The van der Waals surface area contributed by atoms with Gasteiger partial charge in [-0.05, 0) is 62.8 Å². The molecule has 1 aromatic carbocycles. The molecule has 0 radical (unpaired) electrons. The van der Waals surface area contributed by atoms with Crippen molar-refractivity contribution < 1.29 is 18.7 Å². The summed E-state index contributed by atoms with van der Waals surface area (Å²) in [5.74, 6) is 0.0356. The standard InChI is InChI=1S/C25H36FN3O3/c1-17-15-28(9-10-29(17)25(31)19-6-3-4-7-19)16-20-12-21(26)13-23(18(20)2)27-24(30)14-22-8-5-11-32-22/h12-13,17,19,22H,3-11,14-16H2,1-2H3,(H,27,30)/t17-,22?/m0/s1. The van der Waals surface area contributed by atoms with Crippen LogP contribution in [0, 0.1) is 18.7 Å². The van der Waals surface area contributed by atoms with Crippen molar-refractivity contribution in [2.75, 3.05) is 31.6 Å². The summed E-state index contributed by atoms with van der Waals surface area (Å²) in [7, 11) is 0. The van der Waals surface area contributed by atoms with Gasteiger partial charge in [0.2, 0.25) is 11.8 Å². The van der Waals surface area contributed by atoms with Crippen molar-refractivity contribution in [3.05, 3.63) is 29.1 Å². The van der Waals surface area contributed by atoms with Crippen molar-refractivity contribution in [1.82, 2.24) is 9.80 Å². The molecule has 2 atom stereocenters. The minimum Gasteiger partial charge on any atom is -0.378 e. The van der Waals surface area contributed by atoms with E-state index in [0.717, 1.165) is 69.3 Å². The second-order valence-electron chi connectivity index (χ2n) is 9.72. The van der Waals surface area contributed by atoms with Crippen LogP contribution in [0.1, 0.15) is 63.0 Å². The second kappa shape index (κ2) is 10.3. The van der Waals surface area contributed by atoms with E-state index in [4.69, 9.17) is 4.74 Å². The highest BCUT2D eigenvalue weighted by Gasteiger charge is 2.33. The summed E-state index contributed by atoms with van der Waals surface area (Å²) in [5, 5.41) is 2.89. The highest BCUT2D eigenvalue weighted by molar-refractivity contribution is 5.92. The second-order valence-corrected chi connectivity index (χ2v) is 9.72. The summed E-state index contributed by atoms with van der Waals surface area (Å²) in [5.41, 5.74) is 2.30. The van der Waals surface area contributed by atoms with Crippen LogP contribution in [0.3, 0.4) is 0 Å². The number of amides is 2. The molecule has 1 unspecified atom stereocenters. The number of hydrogen-bond acceptors (Lipinski definition) is 4. The van der Waals surface area contributed by atoms with Gasteiger partial charge in [-0.1, -0.05) is 12.8 Å². The first-order valence-electron chi connectivity index (χ1n) is 12.1. The zero-order valence-electron chi connectivity index (χ0n) is 19.4. The highest BCUT2D eigenvalue weighted by Crippen LogP contribution is 2.29. The molecule has 7 heteroatoms. The molecule has 2 heterocycles. The number of halogens is 1. The maximum atomic E-state index is 14.4. The summed E-state index contributed by atoms with van der Waals surface area (Å²) in [6.07, 6.45) is 6.53. The van der Waals surface area contributed by atoms with Gasteiger partial charge >= 0.3 is 0 Å². The number of hydrogen-bond donors (Lipinski definition) is 1. The predicted molar refractivity (Wildman–Crippen MR) is 122 cm³/mol. The fraction of sp³-hybridized carbons (Fsp3) is 0.680. The maximum Gasteiger partial charge on any atom is 0.226 e. The molecule has 2 amide bonds. The average Bonchev–Trinajstić information content (AvgIpc) is 3.45. The number of nitrogens with zero attached hydrogens (tertiary/aromatic N) is 2. The first-order chi connectivity index (χ1) is 15.4. The molecule has 1 aliphatic carbocycles. The molecule has 176 valence electrons. The lowest BCUT2D eigenvalue weighted by atomic mass is 10.0. The third kappa shape index (κ3) is 5.49. The van der Waals surface area contributed by atoms with Crippen molar-refractivity contribution >= 4 is 17.5 Å². The Bertz CT molecular complexity index is 834. The highest BCUT2D eigenvalue weighted by atomic mass is 19.1. The van der Waals surface area contributed by atoms with Crippen molar-refractivity contribution in [2.24, 2.45) is 5.92 Å². The van der Waals surface area contributed by atoms with Crippen LogP contribution in [0.2, 0.25) is 0 Å². The van der Waals surface area contributed by atoms with Gasteiger partial charge in [0.05, 0.1) is 12.5 Å². The Kier molecular flexibility index (Phi) is 7.46. The number of carbonyl (C=O) groups is 2. The molecule has 6 nitrogen and oxygen atoms in total. The molecule has 4 rings (SSSR count). The molecule has 0 bridgehead atoms. The monoisotopic (exact) mass is 445 g/mol. The van der Waals surface area contributed by atoms with E-state index in [2.05, 4.69) is 17.1 Å². The number of carbonyl (C=O) groups excluding carboxylic acids is 2. The Morgan fingerprint density at radius 3 is 2.62 bits per heavy atom. The topological polar surface area (TPSA) is 61.9 Å². The van der Waals surface area contributed by atoms with Crippen molar-refractivity contribution in [3.8, 4) is 0 Å². The molecular weight excluding hydrogens is 409 g/mol. The molecule has 1 aromatic rings. The third-order valence-corrected chi connectivity index (χ3v) is 7.28. The average molecular weight is 446 g/mol. The van der Waals surface area contributed by atoms with Crippen LogP contribution in [-0.2, 0) is 20.9 Å². The fourth-order valence-corrected chi connectivity index (χ4v) is 5.40. The van der Waals surface area contributed by atoms with Gasteiger partial charge in [-0.2, -0.15) is 0 Å².